The average molecular weight is 235 g/mol. The largest absolute Gasteiger partial charge is 0.0827 e. The third-order valence-corrected chi connectivity index (χ3v) is 3.56. The van der Waals surface area contributed by atoms with E-state index in [1.54, 1.807) is 0 Å². The molecule has 0 N–H and O–H groups in total. The van der Waals surface area contributed by atoms with E-state index in [1.807, 2.05) is 12.1 Å². The van der Waals surface area contributed by atoms with Crippen molar-refractivity contribution in [2.45, 2.75) is 6.42 Å². The van der Waals surface area contributed by atoms with Crippen molar-refractivity contribution < 1.29 is 0 Å². The van der Waals surface area contributed by atoms with Gasteiger partial charge in [-0.3, -0.25) is 0 Å². The Morgan fingerprint density at radius 2 is 1.53 bits per heavy atom. The molecule has 2 heteroatoms. The van der Waals surface area contributed by atoms with E-state index >= 15 is 0 Å². The van der Waals surface area contributed by atoms with Crippen LogP contribution in [-0.2, 0) is 6.42 Å². The maximum atomic E-state index is 6.03. The van der Waals surface area contributed by atoms with E-state index in [2.05, 4.69) is 24.3 Å². The number of rotatable bonds is 0. The summed E-state index contributed by atoms with van der Waals surface area (Å²) in [6.07, 6.45) is 0.961. The van der Waals surface area contributed by atoms with Gasteiger partial charge in [-0.15, -0.1) is 0 Å². The Labute approximate surface area is 98.5 Å². The lowest BCUT2D eigenvalue weighted by Gasteiger charge is -2.02. The van der Waals surface area contributed by atoms with Crippen LogP contribution in [0, 0.1) is 0 Å². The van der Waals surface area contributed by atoms with Gasteiger partial charge in [0.15, 0.2) is 0 Å². The Balaban J connectivity index is 2.29. The van der Waals surface area contributed by atoms with Crippen LogP contribution in [0.4, 0.5) is 0 Å². The summed E-state index contributed by atoms with van der Waals surface area (Å²) in [7, 11) is 0. The fourth-order valence-electron chi connectivity index (χ4n) is 2.13. The van der Waals surface area contributed by atoms with Crippen LogP contribution in [0.25, 0.3) is 11.1 Å². The number of hydrogen-bond acceptors (Lipinski definition) is 0. The Bertz CT molecular complexity index is 544. The van der Waals surface area contributed by atoms with Crippen LogP contribution in [0.5, 0.6) is 0 Å². The van der Waals surface area contributed by atoms with E-state index in [0.29, 0.717) is 10.0 Å². The lowest BCUT2D eigenvalue weighted by atomic mass is 10.1. The lowest BCUT2D eigenvalue weighted by Crippen LogP contribution is -1.80. The van der Waals surface area contributed by atoms with E-state index in [9.17, 15) is 0 Å². The molecule has 0 bridgehead atoms. The Kier molecular flexibility index (Phi) is 2.01. The van der Waals surface area contributed by atoms with Crippen LogP contribution in [0.3, 0.4) is 0 Å². The zero-order valence-electron chi connectivity index (χ0n) is 7.93. The molecule has 0 atom stereocenters. The van der Waals surface area contributed by atoms with Crippen molar-refractivity contribution in [1.82, 2.24) is 0 Å². The van der Waals surface area contributed by atoms with Crippen LogP contribution in [0.15, 0.2) is 36.4 Å². The molecular formula is C13H8Cl2. The maximum absolute atomic E-state index is 6.03. The molecule has 0 spiro atoms. The third kappa shape index (κ3) is 1.37. The molecule has 0 nitrogen and oxygen atoms in total. The summed E-state index contributed by atoms with van der Waals surface area (Å²) in [5.41, 5.74) is 5.13. The van der Waals surface area contributed by atoms with Gasteiger partial charge in [0.25, 0.3) is 0 Å². The quantitative estimate of drug-likeness (QED) is 0.535. The molecule has 0 radical (unpaired) electrons. The predicted molar refractivity (Wildman–Crippen MR) is 64.7 cm³/mol. The zero-order valence-corrected chi connectivity index (χ0v) is 9.44. The van der Waals surface area contributed by atoms with E-state index in [-0.39, 0.29) is 0 Å². The van der Waals surface area contributed by atoms with Crippen molar-refractivity contribution in [2.24, 2.45) is 0 Å². The first-order chi connectivity index (χ1) is 7.25. The van der Waals surface area contributed by atoms with Gasteiger partial charge in [0.05, 0.1) is 10.0 Å². The molecule has 2 aromatic rings. The fourth-order valence-corrected chi connectivity index (χ4v) is 2.48. The van der Waals surface area contributed by atoms with Crippen LogP contribution < -0.4 is 0 Å². The minimum atomic E-state index is 0.632. The molecule has 1 aliphatic rings. The summed E-state index contributed by atoms with van der Waals surface area (Å²) in [6.45, 7) is 0. The summed E-state index contributed by atoms with van der Waals surface area (Å²) in [4.78, 5) is 0. The van der Waals surface area contributed by atoms with Crippen molar-refractivity contribution in [3.8, 4) is 11.1 Å². The van der Waals surface area contributed by atoms with Crippen LogP contribution in [0.1, 0.15) is 11.1 Å². The van der Waals surface area contributed by atoms with Crippen LogP contribution in [-0.4, -0.2) is 0 Å². The number of fused-ring (bicyclic) bond motifs is 3. The first-order valence-electron chi connectivity index (χ1n) is 4.82. The second kappa shape index (κ2) is 3.26. The SMILES string of the molecule is Clc1cc2c(cc1Cl)-c1ccccc1C2. The molecule has 0 unspecified atom stereocenters. The van der Waals surface area contributed by atoms with E-state index in [1.165, 1.54) is 22.3 Å². The first kappa shape index (κ1) is 9.26. The summed E-state index contributed by atoms with van der Waals surface area (Å²) >= 11 is 12.0. The smallest absolute Gasteiger partial charge is 0.0598 e. The van der Waals surface area contributed by atoms with Crippen molar-refractivity contribution in [3.63, 3.8) is 0 Å². The van der Waals surface area contributed by atoms with E-state index < -0.39 is 0 Å². The molecule has 0 fully saturated rings. The first-order valence-corrected chi connectivity index (χ1v) is 5.57. The van der Waals surface area contributed by atoms with E-state index in [4.69, 9.17) is 23.2 Å². The highest BCUT2D eigenvalue weighted by Gasteiger charge is 2.18. The van der Waals surface area contributed by atoms with Gasteiger partial charge in [0, 0.05) is 0 Å². The minimum absolute atomic E-state index is 0.632. The standard InChI is InChI=1S/C13H8Cl2/c14-12-6-9-5-8-3-1-2-4-10(8)11(9)7-13(12)15/h1-4,6-7H,5H2. The second-order valence-corrected chi connectivity index (χ2v) is 4.57. The summed E-state index contributed by atoms with van der Waals surface area (Å²) in [5.74, 6) is 0. The molecule has 1 aliphatic carbocycles. The number of halogens is 2. The molecule has 2 aromatic carbocycles. The normalized spacial score (nSPS) is 12.4. The lowest BCUT2D eigenvalue weighted by molar-refractivity contribution is 1.26. The molecule has 0 aromatic heterocycles. The average Bonchev–Trinajstić information content (AvgIpc) is 2.57. The summed E-state index contributed by atoms with van der Waals surface area (Å²) < 4.78 is 0. The monoisotopic (exact) mass is 234 g/mol. The van der Waals surface area contributed by atoms with Gasteiger partial charge in [0.1, 0.15) is 0 Å². The molecule has 0 aliphatic heterocycles. The van der Waals surface area contributed by atoms with Crippen LogP contribution in [0.2, 0.25) is 10.0 Å². The summed E-state index contributed by atoms with van der Waals surface area (Å²) in [5, 5.41) is 1.27. The van der Waals surface area contributed by atoms with Gasteiger partial charge in [-0.05, 0) is 40.8 Å². The van der Waals surface area contributed by atoms with Crippen molar-refractivity contribution in [2.75, 3.05) is 0 Å². The predicted octanol–water partition coefficient (Wildman–Crippen LogP) is 4.56. The molecule has 15 heavy (non-hydrogen) atoms. The molecular weight excluding hydrogens is 227 g/mol. The third-order valence-electron chi connectivity index (χ3n) is 2.83. The van der Waals surface area contributed by atoms with Gasteiger partial charge in [-0.2, -0.15) is 0 Å². The highest BCUT2D eigenvalue weighted by atomic mass is 35.5. The molecule has 0 heterocycles. The van der Waals surface area contributed by atoms with Gasteiger partial charge in [0.2, 0.25) is 0 Å². The minimum Gasteiger partial charge on any atom is -0.0827 e. The number of hydrogen-bond donors (Lipinski definition) is 0. The summed E-state index contributed by atoms with van der Waals surface area (Å²) in [6, 6.07) is 12.3. The van der Waals surface area contributed by atoms with E-state index in [0.717, 1.165) is 6.42 Å². The van der Waals surface area contributed by atoms with Gasteiger partial charge in [-0.1, -0.05) is 47.5 Å². The Morgan fingerprint density at radius 3 is 2.40 bits per heavy atom. The molecule has 74 valence electrons. The maximum Gasteiger partial charge on any atom is 0.0598 e. The topological polar surface area (TPSA) is 0 Å². The highest BCUT2D eigenvalue weighted by molar-refractivity contribution is 6.42. The molecule has 0 saturated heterocycles. The highest BCUT2D eigenvalue weighted by Crippen LogP contribution is 2.40. The second-order valence-electron chi connectivity index (χ2n) is 3.76. The zero-order chi connectivity index (χ0) is 10.4. The fraction of sp³-hybridized carbons (Fsp3) is 0.0769. The van der Waals surface area contributed by atoms with Gasteiger partial charge < -0.3 is 0 Å². The van der Waals surface area contributed by atoms with Gasteiger partial charge in [-0.25, -0.2) is 0 Å². The molecule has 0 amide bonds. The number of benzene rings is 2. The van der Waals surface area contributed by atoms with Gasteiger partial charge >= 0.3 is 0 Å². The Hall–Kier alpha value is -0.980. The molecule has 3 rings (SSSR count). The van der Waals surface area contributed by atoms with Crippen molar-refractivity contribution in [1.29, 1.82) is 0 Å². The molecule has 0 saturated carbocycles. The van der Waals surface area contributed by atoms with Crippen molar-refractivity contribution in [3.05, 3.63) is 57.6 Å². The van der Waals surface area contributed by atoms with Crippen molar-refractivity contribution >= 4 is 23.2 Å². The van der Waals surface area contributed by atoms with Crippen LogP contribution >= 0.6 is 23.2 Å². The Morgan fingerprint density at radius 1 is 0.800 bits per heavy atom.